The van der Waals surface area contributed by atoms with Crippen LogP contribution in [0, 0.1) is 5.92 Å². The number of hydrogen-bond acceptors (Lipinski definition) is 3. The summed E-state index contributed by atoms with van der Waals surface area (Å²) in [6.45, 7) is 5.60. The van der Waals surface area contributed by atoms with Gasteiger partial charge in [-0.2, -0.15) is 0 Å². The standard InChI is InChI=1S/C29H39N3/c1-7-22(2)20-21-30-26-14-8-23(9-15-26)29(24-10-16-27(17-11-24)31(3)4)25-12-18-28(19-13-25)32(5)6/h8-19,22,29-30H,7,20-21H2,1-6H3. The summed E-state index contributed by atoms with van der Waals surface area (Å²) in [5, 5.41) is 3.58. The summed E-state index contributed by atoms with van der Waals surface area (Å²) in [6.07, 6.45) is 2.44. The quantitative estimate of drug-likeness (QED) is 0.356. The van der Waals surface area contributed by atoms with Gasteiger partial charge in [-0.15, -0.1) is 0 Å². The number of nitrogens with zero attached hydrogens (tertiary/aromatic N) is 2. The average Bonchev–Trinajstić information content (AvgIpc) is 2.81. The number of nitrogens with one attached hydrogen (secondary N) is 1. The zero-order valence-corrected chi connectivity index (χ0v) is 20.6. The summed E-state index contributed by atoms with van der Waals surface area (Å²) in [4.78, 5) is 4.29. The van der Waals surface area contributed by atoms with Crippen molar-refractivity contribution in [2.45, 2.75) is 32.6 Å². The van der Waals surface area contributed by atoms with Gasteiger partial charge in [0.05, 0.1) is 0 Å². The second-order valence-corrected chi connectivity index (χ2v) is 9.26. The molecule has 0 aliphatic rings. The topological polar surface area (TPSA) is 18.5 Å². The van der Waals surface area contributed by atoms with E-state index in [1.807, 2.05) is 0 Å². The van der Waals surface area contributed by atoms with Crippen molar-refractivity contribution in [2.75, 3.05) is 49.9 Å². The molecule has 1 N–H and O–H groups in total. The molecule has 0 saturated carbocycles. The molecule has 0 heterocycles. The smallest absolute Gasteiger partial charge is 0.0361 e. The normalized spacial score (nSPS) is 12.0. The van der Waals surface area contributed by atoms with E-state index in [9.17, 15) is 0 Å². The lowest BCUT2D eigenvalue weighted by Crippen LogP contribution is -2.10. The molecule has 0 saturated heterocycles. The van der Waals surface area contributed by atoms with Crippen LogP contribution >= 0.6 is 0 Å². The monoisotopic (exact) mass is 429 g/mol. The molecule has 0 amide bonds. The summed E-state index contributed by atoms with van der Waals surface area (Å²) < 4.78 is 0. The van der Waals surface area contributed by atoms with E-state index in [4.69, 9.17) is 0 Å². The molecule has 0 bridgehead atoms. The molecular weight excluding hydrogens is 390 g/mol. The Labute approximate surface area is 195 Å². The van der Waals surface area contributed by atoms with Gasteiger partial charge < -0.3 is 15.1 Å². The van der Waals surface area contributed by atoms with Crippen molar-refractivity contribution < 1.29 is 0 Å². The van der Waals surface area contributed by atoms with Gasteiger partial charge in [-0.25, -0.2) is 0 Å². The third-order valence-corrected chi connectivity index (χ3v) is 6.39. The molecule has 1 atom stereocenters. The maximum atomic E-state index is 3.58. The van der Waals surface area contributed by atoms with Gasteiger partial charge in [0, 0.05) is 57.7 Å². The summed E-state index contributed by atoms with van der Waals surface area (Å²) in [6, 6.07) is 26.9. The first kappa shape index (κ1) is 23.7. The van der Waals surface area contributed by atoms with Gasteiger partial charge in [0.2, 0.25) is 0 Å². The minimum atomic E-state index is 0.205. The van der Waals surface area contributed by atoms with E-state index >= 15 is 0 Å². The van der Waals surface area contributed by atoms with E-state index < -0.39 is 0 Å². The molecule has 0 aliphatic heterocycles. The van der Waals surface area contributed by atoms with Crippen LogP contribution in [0.4, 0.5) is 17.1 Å². The Hall–Kier alpha value is -2.94. The molecule has 0 aliphatic carbocycles. The van der Waals surface area contributed by atoms with Crippen LogP contribution in [0.2, 0.25) is 0 Å². The predicted octanol–water partition coefficient (Wildman–Crippen LogP) is 6.85. The van der Waals surface area contributed by atoms with Gasteiger partial charge in [-0.3, -0.25) is 0 Å². The largest absolute Gasteiger partial charge is 0.385 e. The van der Waals surface area contributed by atoms with Crippen LogP contribution in [0.25, 0.3) is 0 Å². The molecule has 3 nitrogen and oxygen atoms in total. The van der Waals surface area contributed by atoms with E-state index in [0.717, 1.165) is 12.5 Å². The van der Waals surface area contributed by atoms with Crippen LogP contribution in [-0.4, -0.2) is 34.7 Å². The van der Waals surface area contributed by atoms with Gasteiger partial charge in [-0.1, -0.05) is 56.7 Å². The molecule has 0 radical (unpaired) electrons. The molecule has 3 aromatic carbocycles. The van der Waals surface area contributed by atoms with Crippen molar-refractivity contribution >= 4 is 17.1 Å². The highest BCUT2D eigenvalue weighted by atomic mass is 15.1. The molecule has 32 heavy (non-hydrogen) atoms. The molecule has 1 unspecified atom stereocenters. The van der Waals surface area contributed by atoms with E-state index in [-0.39, 0.29) is 5.92 Å². The minimum Gasteiger partial charge on any atom is -0.385 e. The zero-order chi connectivity index (χ0) is 23.1. The van der Waals surface area contributed by atoms with Crippen molar-refractivity contribution in [3.8, 4) is 0 Å². The Morgan fingerprint density at radius 2 is 1.06 bits per heavy atom. The highest BCUT2D eigenvalue weighted by molar-refractivity contribution is 5.55. The summed E-state index contributed by atoms with van der Waals surface area (Å²) in [7, 11) is 8.33. The Balaban J connectivity index is 1.88. The molecule has 0 spiro atoms. The van der Waals surface area contributed by atoms with Crippen LogP contribution in [0.1, 0.15) is 49.3 Å². The van der Waals surface area contributed by atoms with Gasteiger partial charge in [0.25, 0.3) is 0 Å². The highest BCUT2D eigenvalue weighted by Crippen LogP contribution is 2.34. The van der Waals surface area contributed by atoms with Gasteiger partial charge in [-0.05, 0) is 65.4 Å². The lowest BCUT2D eigenvalue weighted by atomic mass is 9.85. The van der Waals surface area contributed by atoms with Crippen LogP contribution in [0.3, 0.4) is 0 Å². The average molecular weight is 430 g/mol. The fourth-order valence-corrected chi connectivity index (χ4v) is 3.97. The lowest BCUT2D eigenvalue weighted by molar-refractivity contribution is 0.532. The summed E-state index contributed by atoms with van der Waals surface area (Å²) >= 11 is 0. The highest BCUT2D eigenvalue weighted by Gasteiger charge is 2.17. The first-order valence-electron chi connectivity index (χ1n) is 11.8. The fraction of sp³-hybridized carbons (Fsp3) is 0.379. The SMILES string of the molecule is CCC(C)CCNc1ccc(C(c2ccc(N(C)C)cc2)c2ccc(N(C)C)cc2)cc1. The van der Waals surface area contributed by atoms with Crippen LogP contribution in [0.5, 0.6) is 0 Å². The zero-order valence-electron chi connectivity index (χ0n) is 20.6. The lowest BCUT2D eigenvalue weighted by Gasteiger charge is -2.22. The Bertz CT molecular complexity index is 890. The van der Waals surface area contributed by atoms with E-state index in [2.05, 4.69) is 130 Å². The van der Waals surface area contributed by atoms with Crippen LogP contribution in [-0.2, 0) is 0 Å². The molecule has 3 aromatic rings. The van der Waals surface area contributed by atoms with Crippen LogP contribution in [0.15, 0.2) is 72.8 Å². The van der Waals surface area contributed by atoms with Crippen LogP contribution < -0.4 is 15.1 Å². The molecule has 3 rings (SSSR count). The Kier molecular flexibility index (Phi) is 8.21. The number of anilines is 3. The third kappa shape index (κ3) is 6.06. The van der Waals surface area contributed by atoms with Crippen molar-refractivity contribution in [3.63, 3.8) is 0 Å². The second-order valence-electron chi connectivity index (χ2n) is 9.26. The third-order valence-electron chi connectivity index (χ3n) is 6.39. The molecule has 3 heteroatoms. The Morgan fingerprint density at radius 1 is 0.656 bits per heavy atom. The maximum absolute atomic E-state index is 3.58. The first-order valence-corrected chi connectivity index (χ1v) is 11.8. The van der Waals surface area contributed by atoms with Crippen molar-refractivity contribution in [1.29, 1.82) is 0 Å². The molecule has 0 fully saturated rings. The van der Waals surface area contributed by atoms with Crippen molar-refractivity contribution in [1.82, 2.24) is 0 Å². The Morgan fingerprint density at radius 3 is 1.44 bits per heavy atom. The fourth-order valence-electron chi connectivity index (χ4n) is 3.97. The predicted molar refractivity (Wildman–Crippen MR) is 141 cm³/mol. The van der Waals surface area contributed by atoms with E-state index in [1.165, 1.54) is 46.6 Å². The summed E-state index contributed by atoms with van der Waals surface area (Å²) in [5.74, 6) is 0.970. The van der Waals surface area contributed by atoms with Gasteiger partial charge >= 0.3 is 0 Å². The van der Waals surface area contributed by atoms with E-state index in [1.54, 1.807) is 0 Å². The number of hydrogen-bond donors (Lipinski definition) is 1. The first-order chi connectivity index (χ1) is 15.4. The minimum absolute atomic E-state index is 0.205. The molecule has 170 valence electrons. The maximum Gasteiger partial charge on any atom is 0.0361 e. The summed E-state index contributed by atoms with van der Waals surface area (Å²) in [5.41, 5.74) is 7.57. The van der Waals surface area contributed by atoms with E-state index in [0.29, 0.717) is 0 Å². The second kappa shape index (κ2) is 11.1. The number of rotatable bonds is 10. The molecular formula is C29H39N3. The van der Waals surface area contributed by atoms with Crippen molar-refractivity contribution in [3.05, 3.63) is 89.5 Å². The van der Waals surface area contributed by atoms with Gasteiger partial charge in [0.15, 0.2) is 0 Å². The van der Waals surface area contributed by atoms with Crippen molar-refractivity contribution in [2.24, 2.45) is 5.92 Å². The number of benzene rings is 3. The van der Waals surface area contributed by atoms with Gasteiger partial charge in [0.1, 0.15) is 0 Å². The molecule has 0 aromatic heterocycles.